The molecule has 2 aromatic carbocycles. The highest BCUT2D eigenvalue weighted by atomic mass is 16.3. The largest absolute Gasteiger partial charge is 0.395 e. The summed E-state index contributed by atoms with van der Waals surface area (Å²) in [5.74, 6) is 4.11. The Bertz CT molecular complexity index is 1040. The van der Waals surface area contributed by atoms with Gasteiger partial charge in [-0.25, -0.2) is 0 Å². The minimum atomic E-state index is -1.42. The molecule has 0 saturated heterocycles. The van der Waals surface area contributed by atoms with E-state index in [0.717, 1.165) is 16.0 Å². The Morgan fingerprint density at radius 2 is 1.40 bits per heavy atom. The maximum atomic E-state index is 12.8. The number of Topliss-reactive ketones (excluding diaryl/α,β-unsaturated/α-hetero) is 1. The van der Waals surface area contributed by atoms with E-state index in [1.54, 1.807) is 24.3 Å². The highest BCUT2D eigenvalue weighted by molar-refractivity contribution is 6.10. The molecule has 0 aliphatic rings. The van der Waals surface area contributed by atoms with Crippen molar-refractivity contribution in [3.05, 3.63) is 70.8 Å². The summed E-state index contributed by atoms with van der Waals surface area (Å²) in [6.07, 6.45) is 0. The summed E-state index contributed by atoms with van der Waals surface area (Å²) in [4.78, 5) is 39.7. The number of benzene rings is 2. The minimum Gasteiger partial charge on any atom is -0.395 e. The third-order valence-corrected chi connectivity index (χ3v) is 5.34. The number of aliphatic hydroxyl groups is 3. The standard InChI is InChI=1S/C26H31N3O6/c1-27-25(34)24(23(33)18-32)28(2)26(35)22-11-9-20(10-12-22)4-3-19-5-7-21(8-6-19)17-29(13-15-30)14-16-31/h5-12,24,30-32H,13-18H2,1-2H3,(H,27,34). The summed E-state index contributed by atoms with van der Waals surface area (Å²) in [6.45, 7) is 0.790. The van der Waals surface area contributed by atoms with Crippen LogP contribution in [0.15, 0.2) is 48.5 Å². The molecule has 2 amide bonds. The van der Waals surface area contributed by atoms with Crippen LogP contribution in [0.2, 0.25) is 0 Å². The molecule has 4 N–H and O–H groups in total. The zero-order valence-electron chi connectivity index (χ0n) is 19.9. The predicted molar refractivity (Wildman–Crippen MR) is 130 cm³/mol. The summed E-state index contributed by atoms with van der Waals surface area (Å²) in [7, 11) is 2.68. The lowest BCUT2D eigenvalue weighted by Gasteiger charge is -2.25. The number of aliphatic hydroxyl groups excluding tert-OH is 3. The number of hydrogen-bond donors (Lipinski definition) is 4. The van der Waals surface area contributed by atoms with Crippen molar-refractivity contribution in [1.29, 1.82) is 0 Å². The third kappa shape index (κ3) is 8.02. The molecular weight excluding hydrogens is 450 g/mol. The van der Waals surface area contributed by atoms with Crippen molar-refractivity contribution in [2.24, 2.45) is 0 Å². The van der Waals surface area contributed by atoms with E-state index < -0.39 is 30.2 Å². The number of nitrogens with zero attached hydrogens (tertiary/aromatic N) is 2. The van der Waals surface area contributed by atoms with Crippen molar-refractivity contribution in [2.75, 3.05) is 47.0 Å². The van der Waals surface area contributed by atoms with Gasteiger partial charge in [0.05, 0.1) is 13.2 Å². The number of amides is 2. The molecule has 9 nitrogen and oxygen atoms in total. The molecule has 0 bridgehead atoms. The second-order valence-electron chi connectivity index (χ2n) is 7.80. The van der Waals surface area contributed by atoms with Gasteiger partial charge in [-0.05, 0) is 42.0 Å². The third-order valence-electron chi connectivity index (χ3n) is 5.34. The maximum Gasteiger partial charge on any atom is 0.254 e. The predicted octanol–water partition coefficient (Wildman–Crippen LogP) is -0.379. The smallest absolute Gasteiger partial charge is 0.254 e. The number of hydrogen-bond acceptors (Lipinski definition) is 7. The van der Waals surface area contributed by atoms with Crippen molar-refractivity contribution >= 4 is 17.6 Å². The Morgan fingerprint density at radius 3 is 1.86 bits per heavy atom. The zero-order chi connectivity index (χ0) is 25.8. The van der Waals surface area contributed by atoms with Gasteiger partial charge in [-0.2, -0.15) is 0 Å². The SMILES string of the molecule is CNC(=O)C(C(=O)CO)N(C)C(=O)c1ccc(C#Cc2ccc(CN(CCO)CCO)cc2)cc1. The molecule has 1 atom stereocenters. The van der Waals surface area contributed by atoms with Gasteiger partial charge in [-0.15, -0.1) is 0 Å². The Morgan fingerprint density at radius 1 is 0.886 bits per heavy atom. The van der Waals surface area contributed by atoms with Crippen LogP contribution in [0.5, 0.6) is 0 Å². The molecule has 35 heavy (non-hydrogen) atoms. The topological polar surface area (TPSA) is 130 Å². The summed E-state index contributed by atoms with van der Waals surface area (Å²) >= 11 is 0. The van der Waals surface area contributed by atoms with Crippen molar-refractivity contribution in [2.45, 2.75) is 12.6 Å². The first-order chi connectivity index (χ1) is 16.8. The van der Waals surface area contributed by atoms with Gasteiger partial charge in [0.15, 0.2) is 11.8 Å². The fourth-order valence-corrected chi connectivity index (χ4v) is 3.43. The van der Waals surface area contributed by atoms with Gasteiger partial charge >= 0.3 is 0 Å². The molecule has 2 rings (SSSR count). The van der Waals surface area contributed by atoms with Crippen LogP contribution in [-0.2, 0) is 16.1 Å². The molecule has 0 aliphatic carbocycles. The molecule has 0 fully saturated rings. The second kappa shape index (κ2) is 14.0. The molecule has 186 valence electrons. The van der Waals surface area contributed by atoms with Gasteiger partial charge in [0, 0.05) is 50.4 Å². The van der Waals surface area contributed by atoms with Crippen molar-refractivity contribution in [3.8, 4) is 11.8 Å². The summed E-state index contributed by atoms with van der Waals surface area (Å²) in [5.41, 5.74) is 2.80. The molecule has 0 heterocycles. The monoisotopic (exact) mass is 481 g/mol. The van der Waals surface area contributed by atoms with Crippen LogP contribution in [0.1, 0.15) is 27.0 Å². The fourth-order valence-electron chi connectivity index (χ4n) is 3.43. The molecule has 0 aromatic heterocycles. The summed E-state index contributed by atoms with van der Waals surface area (Å²) in [6, 6.07) is 12.7. The Kier molecular flexibility index (Phi) is 11.1. The molecule has 0 radical (unpaired) electrons. The number of likely N-dealkylation sites (N-methyl/N-ethyl adjacent to an activating group) is 2. The van der Waals surface area contributed by atoms with Crippen LogP contribution in [-0.4, -0.2) is 95.8 Å². The van der Waals surface area contributed by atoms with Crippen LogP contribution < -0.4 is 5.32 Å². The Labute approximate surface area is 205 Å². The van der Waals surface area contributed by atoms with Crippen LogP contribution in [0.4, 0.5) is 0 Å². The summed E-state index contributed by atoms with van der Waals surface area (Å²) < 4.78 is 0. The quantitative estimate of drug-likeness (QED) is 0.254. The molecule has 0 spiro atoms. The molecule has 9 heteroatoms. The van der Waals surface area contributed by atoms with E-state index in [1.165, 1.54) is 14.1 Å². The maximum absolute atomic E-state index is 12.8. The van der Waals surface area contributed by atoms with Gasteiger partial charge in [0.1, 0.15) is 6.61 Å². The molecular formula is C26H31N3O6. The lowest BCUT2D eigenvalue weighted by atomic mass is 10.1. The van der Waals surface area contributed by atoms with Gasteiger partial charge < -0.3 is 25.5 Å². The van der Waals surface area contributed by atoms with Crippen molar-refractivity contribution < 1.29 is 29.7 Å². The van der Waals surface area contributed by atoms with E-state index in [0.29, 0.717) is 25.2 Å². The Hall–Kier alpha value is -3.55. The van der Waals surface area contributed by atoms with E-state index in [1.807, 2.05) is 29.2 Å². The first kappa shape index (κ1) is 27.7. The normalized spacial score (nSPS) is 11.4. The average Bonchev–Trinajstić information content (AvgIpc) is 2.88. The fraction of sp³-hybridized carbons (Fsp3) is 0.346. The highest BCUT2D eigenvalue weighted by Crippen LogP contribution is 2.11. The second-order valence-corrected chi connectivity index (χ2v) is 7.80. The number of carbonyl (C=O) groups is 3. The lowest BCUT2D eigenvalue weighted by Crippen LogP contribution is -2.52. The van der Waals surface area contributed by atoms with E-state index in [-0.39, 0.29) is 18.8 Å². The zero-order valence-corrected chi connectivity index (χ0v) is 19.9. The molecule has 2 aromatic rings. The van der Waals surface area contributed by atoms with E-state index >= 15 is 0 Å². The summed E-state index contributed by atoms with van der Waals surface area (Å²) in [5, 5.41) is 29.7. The van der Waals surface area contributed by atoms with Gasteiger partial charge in [0.2, 0.25) is 5.91 Å². The molecule has 0 saturated carbocycles. The molecule has 0 aliphatic heterocycles. The molecule has 1 unspecified atom stereocenters. The van der Waals surface area contributed by atoms with Crippen LogP contribution in [0.3, 0.4) is 0 Å². The van der Waals surface area contributed by atoms with Gasteiger partial charge in [0.25, 0.3) is 5.91 Å². The Balaban J connectivity index is 2.08. The van der Waals surface area contributed by atoms with Gasteiger partial charge in [-0.3, -0.25) is 19.3 Å². The van der Waals surface area contributed by atoms with Crippen LogP contribution in [0, 0.1) is 11.8 Å². The number of carbonyl (C=O) groups excluding carboxylic acids is 3. The number of nitrogens with one attached hydrogen (secondary N) is 1. The van der Waals surface area contributed by atoms with Crippen LogP contribution in [0.25, 0.3) is 0 Å². The first-order valence-electron chi connectivity index (χ1n) is 11.1. The van der Waals surface area contributed by atoms with Crippen LogP contribution >= 0.6 is 0 Å². The van der Waals surface area contributed by atoms with Crippen molar-refractivity contribution in [1.82, 2.24) is 15.1 Å². The van der Waals surface area contributed by atoms with E-state index in [9.17, 15) is 14.4 Å². The van der Waals surface area contributed by atoms with Gasteiger partial charge in [-0.1, -0.05) is 24.0 Å². The average molecular weight is 482 g/mol. The number of ketones is 1. The highest BCUT2D eigenvalue weighted by Gasteiger charge is 2.32. The van der Waals surface area contributed by atoms with Crippen molar-refractivity contribution in [3.63, 3.8) is 0 Å². The van der Waals surface area contributed by atoms with E-state index in [4.69, 9.17) is 15.3 Å². The van der Waals surface area contributed by atoms with E-state index in [2.05, 4.69) is 17.2 Å². The first-order valence-corrected chi connectivity index (χ1v) is 11.1. The lowest BCUT2D eigenvalue weighted by molar-refractivity contribution is -0.135. The number of rotatable bonds is 11. The minimum absolute atomic E-state index is 0.0275.